The summed E-state index contributed by atoms with van der Waals surface area (Å²) in [6.07, 6.45) is 5.77. The van der Waals surface area contributed by atoms with Gasteiger partial charge in [-0.3, -0.25) is 9.88 Å². The molecule has 1 aromatic heterocycles. The van der Waals surface area contributed by atoms with Crippen LogP contribution in [-0.4, -0.2) is 43.3 Å². The summed E-state index contributed by atoms with van der Waals surface area (Å²) in [5, 5.41) is 0. The van der Waals surface area contributed by atoms with Crippen LogP contribution in [0, 0.1) is 5.82 Å². The molecule has 1 aliphatic heterocycles. The van der Waals surface area contributed by atoms with E-state index in [0.29, 0.717) is 30.2 Å². The summed E-state index contributed by atoms with van der Waals surface area (Å²) in [7, 11) is 3.06. The number of methoxy groups -OCH3 is 2. The van der Waals surface area contributed by atoms with Crippen LogP contribution in [0.15, 0.2) is 36.7 Å². The molecule has 1 saturated heterocycles. The highest BCUT2D eigenvalue weighted by Crippen LogP contribution is 2.31. The fourth-order valence-electron chi connectivity index (χ4n) is 3.25. The smallest absolute Gasteiger partial charge is 0.163 e. The summed E-state index contributed by atoms with van der Waals surface area (Å²) in [5.74, 6) is 0.677. The Morgan fingerprint density at radius 1 is 1.23 bits per heavy atom. The highest BCUT2D eigenvalue weighted by Gasteiger charge is 2.22. The minimum atomic E-state index is -0.277. The molecule has 1 aromatic carbocycles. The van der Waals surface area contributed by atoms with Gasteiger partial charge in [0.05, 0.1) is 26.9 Å². The van der Waals surface area contributed by atoms with Gasteiger partial charge in [-0.2, -0.15) is 0 Å². The molecule has 0 amide bonds. The molecule has 6 heteroatoms. The van der Waals surface area contributed by atoms with Gasteiger partial charge in [-0.25, -0.2) is 4.39 Å². The molecule has 0 saturated carbocycles. The Morgan fingerprint density at radius 3 is 2.77 bits per heavy atom. The molecule has 2 heterocycles. The zero-order chi connectivity index (χ0) is 18.4. The number of rotatable bonds is 7. The van der Waals surface area contributed by atoms with Crippen molar-refractivity contribution in [3.63, 3.8) is 0 Å². The second kappa shape index (κ2) is 8.96. The molecule has 1 atom stereocenters. The number of hydrogen-bond acceptors (Lipinski definition) is 5. The van der Waals surface area contributed by atoms with Gasteiger partial charge in [0.2, 0.25) is 0 Å². The molecule has 1 fully saturated rings. The summed E-state index contributed by atoms with van der Waals surface area (Å²) < 4.78 is 30.8. The Labute approximate surface area is 153 Å². The van der Waals surface area contributed by atoms with E-state index >= 15 is 0 Å². The van der Waals surface area contributed by atoms with Gasteiger partial charge in [-0.05, 0) is 37.1 Å². The molecule has 5 nitrogen and oxygen atoms in total. The lowest BCUT2D eigenvalue weighted by Crippen LogP contribution is -2.39. The van der Waals surface area contributed by atoms with E-state index in [1.807, 2.05) is 18.3 Å². The summed E-state index contributed by atoms with van der Waals surface area (Å²) in [5.41, 5.74) is 1.67. The van der Waals surface area contributed by atoms with E-state index in [9.17, 15) is 4.39 Å². The molecule has 0 aliphatic carbocycles. The summed E-state index contributed by atoms with van der Waals surface area (Å²) in [6.45, 7) is 2.80. The maximum absolute atomic E-state index is 14.4. The topological polar surface area (TPSA) is 43.8 Å². The minimum absolute atomic E-state index is 0.146. The Kier molecular flexibility index (Phi) is 6.41. The van der Waals surface area contributed by atoms with Gasteiger partial charge in [0.1, 0.15) is 5.82 Å². The molecule has 0 N–H and O–H groups in total. The normalized spacial score (nSPS) is 17.9. The Bertz CT molecular complexity index is 712. The Balaban J connectivity index is 1.59. The van der Waals surface area contributed by atoms with Crippen LogP contribution in [0.2, 0.25) is 0 Å². The average molecular weight is 360 g/mol. The molecule has 26 heavy (non-hydrogen) atoms. The van der Waals surface area contributed by atoms with Crippen molar-refractivity contribution < 1.29 is 18.6 Å². The highest BCUT2D eigenvalue weighted by atomic mass is 19.1. The van der Waals surface area contributed by atoms with Crippen LogP contribution in [0.25, 0.3) is 0 Å². The molecular weight excluding hydrogens is 335 g/mol. The largest absolute Gasteiger partial charge is 0.493 e. The average Bonchev–Trinajstić information content (AvgIpc) is 2.68. The summed E-state index contributed by atoms with van der Waals surface area (Å²) in [6, 6.07) is 7.01. The first-order valence-corrected chi connectivity index (χ1v) is 8.83. The first-order valence-electron chi connectivity index (χ1n) is 8.83. The number of hydrogen-bond donors (Lipinski definition) is 0. The number of aromatic nitrogens is 1. The van der Waals surface area contributed by atoms with Crippen LogP contribution in [0.3, 0.4) is 0 Å². The van der Waals surface area contributed by atoms with Crippen molar-refractivity contribution in [2.24, 2.45) is 0 Å². The summed E-state index contributed by atoms with van der Waals surface area (Å²) in [4.78, 5) is 6.33. The van der Waals surface area contributed by atoms with Crippen molar-refractivity contribution in [1.29, 1.82) is 0 Å². The molecule has 2 aromatic rings. The standard InChI is InChI=1S/C20H25FN2O3/c1-24-19-9-16(18(21)10-20(19)25-2)12-23-8-4-6-17(13-23)26-14-15-5-3-7-22-11-15/h3,5,7,9-11,17H,4,6,8,12-14H2,1-2H3/t17-/m1/s1. The van der Waals surface area contributed by atoms with E-state index in [-0.39, 0.29) is 11.9 Å². The molecule has 140 valence electrons. The molecule has 0 radical (unpaired) electrons. The lowest BCUT2D eigenvalue weighted by Gasteiger charge is -2.32. The second-order valence-corrected chi connectivity index (χ2v) is 6.47. The van der Waals surface area contributed by atoms with Gasteiger partial charge in [-0.15, -0.1) is 0 Å². The first kappa shape index (κ1) is 18.6. The molecule has 0 spiro atoms. The number of likely N-dealkylation sites (tertiary alicyclic amines) is 1. The van der Waals surface area contributed by atoms with Gasteiger partial charge in [0.25, 0.3) is 0 Å². The van der Waals surface area contributed by atoms with Crippen molar-refractivity contribution in [3.8, 4) is 11.5 Å². The third-order valence-corrected chi connectivity index (χ3v) is 4.62. The second-order valence-electron chi connectivity index (χ2n) is 6.47. The van der Waals surface area contributed by atoms with Crippen LogP contribution >= 0.6 is 0 Å². The van der Waals surface area contributed by atoms with Crippen LogP contribution in [-0.2, 0) is 17.9 Å². The van der Waals surface area contributed by atoms with E-state index in [1.165, 1.54) is 13.2 Å². The van der Waals surface area contributed by atoms with Gasteiger partial charge >= 0.3 is 0 Å². The van der Waals surface area contributed by atoms with Gasteiger partial charge in [-0.1, -0.05) is 6.07 Å². The van der Waals surface area contributed by atoms with E-state index in [1.54, 1.807) is 19.4 Å². The van der Waals surface area contributed by atoms with Crippen LogP contribution in [0.1, 0.15) is 24.0 Å². The molecule has 3 rings (SSSR count). The maximum atomic E-state index is 14.4. The third-order valence-electron chi connectivity index (χ3n) is 4.62. The number of piperidine rings is 1. The van der Waals surface area contributed by atoms with E-state index in [2.05, 4.69) is 9.88 Å². The SMILES string of the molecule is COc1cc(F)c(CN2CCC[C@@H](OCc3cccnc3)C2)cc1OC. The number of nitrogens with zero attached hydrogens (tertiary/aromatic N) is 2. The van der Waals surface area contributed by atoms with Crippen molar-refractivity contribution in [2.45, 2.75) is 32.1 Å². The Hall–Kier alpha value is -2.18. The molecule has 0 unspecified atom stereocenters. The summed E-state index contributed by atoms with van der Waals surface area (Å²) >= 11 is 0. The zero-order valence-corrected chi connectivity index (χ0v) is 15.3. The predicted octanol–water partition coefficient (Wildman–Crippen LogP) is 3.42. The fourth-order valence-corrected chi connectivity index (χ4v) is 3.25. The van der Waals surface area contributed by atoms with Crippen LogP contribution in [0.5, 0.6) is 11.5 Å². The van der Waals surface area contributed by atoms with Crippen molar-refractivity contribution in [1.82, 2.24) is 9.88 Å². The maximum Gasteiger partial charge on any atom is 0.163 e. The first-order chi connectivity index (χ1) is 12.7. The van der Waals surface area contributed by atoms with Gasteiger partial charge in [0, 0.05) is 37.1 Å². The monoisotopic (exact) mass is 360 g/mol. The van der Waals surface area contributed by atoms with E-state index < -0.39 is 0 Å². The van der Waals surface area contributed by atoms with E-state index in [0.717, 1.165) is 31.5 Å². The lowest BCUT2D eigenvalue weighted by atomic mass is 10.1. The van der Waals surface area contributed by atoms with Crippen molar-refractivity contribution in [2.75, 3.05) is 27.3 Å². The molecule has 1 aliphatic rings. The lowest BCUT2D eigenvalue weighted by molar-refractivity contribution is -0.0123. The van der Waals surface area contributed by atoms with Crippen molar-refractivity contribution >= 4 is 0 Å². The quantitative estimate of drug-likeness (QED) is 0.757. The van der Waals surface area contributed by atoms with Gasteiger partial charge < -0.3 is 14.2 Å². The van der Waals surface area contributed by atoms with Gasteiger partial charge in [0.15, 0.2) is 11.5 Å². The number of halogens is 1. The molecule has 0 bridgehead atoms. The number of pyridine rings is 1. The zero-order valence-electron chi connectivity index (χ0n) is 15.3. The van der Waals surface area contributed by atoms with Crippen molar-refractivity contribution in [3.05, 3.63) is 53.6 Å². The Morgan fingerprint density at radius 2 is 2.04 bits per heavy atom. The number of benzene rings is 1. The molecular formula is C20H25FN2O3. The number of ether oxygens (including phenoxy) is 3. The highest BCUT2D eigenvalue weighted by molar-refractivity contribution is 5.43. The predicted molar refractivity (Wildman–Crippen MR) is 96.8 cm³/mol. The van der Waals surface area contributed by atoms with Crippen LogP contribution in [0.4, 0.5) is 4.39 Å². The third kappa shape index (κ3) is 4.71. The van der Waals surface area contributed by atoms with Crippen LogP contribution < -0.4 is 9.47 Å². The fraction of sp³-hybridized carbons (Fsp3) is 0.450. The minimum Gasteiger partial charge on any atom is -0.493 e. The van der Waals surface area contributed by atoms with E-state index in [4.69, 9.17) is 14.2 Å².